The Morgan fingerprint density at radius 1 is 0.209 bits per heavy atom. The molecule has 23 rings (SSSR count). The highest BCUT2D eigenvalue weighted by Crippen LogP contribution is 2.52. The van der Waals surface area contributed by atoms with Gasteiger partial charge in [0.25, 0.3) is 6.71 Å². The summed E-state index contributed by atoms with van der Waals surface area (Å²) in [6.45, 7) is -0.303. The maximum atomic E-state index is 6.95. The first-order valence-electron chi connectivity index (χ1n) is 37.5. The predicted molar refractivity (Wildman–Crippen MR) is 457 cm³/mol. The Labute approximate surface area is 633 Å². The van der Waals surface area contributed by atoms with Crippen LogP contribution >= 0.6 is 0 Å². The summed E-state index contributed by atoms with van der Waals surface area (Å²) in [6, 6.07) is 136. The van der Waals surface area contributed by atoms with Gasteiger partial charge in [0.15, 0.2) is 0 Å². The summed E-state index contributed by atoms with van der Waals surface area (Å²) in [6.07, 6.45) is 0. The van der Waals surface area contributed by atoms with Crippen molar-refractivity contribution in [3.63, 3.8) is 0 Å². The van der Waals surface area contributed by atoms with E-state index >= 15 is 0 Å². The Bertz CT molecular complexity index is 6890. The van der Waals surface area contributed by atoms with E-state index in [-0.39, 0.29) is 6.71 Å². The molecule has 0 amide bonds. The molecule has 512 valence electrons. The topological polar surface area (TPSA) is 62.3 Å². The van der Waals surface area contributed by atoms with Crippen molar-refractivity contribution in [1.82, 2.24) is 0 Å². The maximum absolute atomic E-state index is 6.95. The Morgan fingerprint density at radius 3 is 0.864 bits per heavy atom. The molecule has 0 aliphatic carbocycles. The monoisotopic (exact) mass is 1400 g/mol. The number of para-hydroxylation sites is 8. The average molecular weight is 1400 g/mol. The normalized spacial score (nSPS) is 12.5. The molecule has 0 spiro atoms. The quantitative estimate of drug-likeness (QED) is 0.120. The van der Waals surface area contributed by atoms with Crippen molar-refractivity contribution in [3.05, 3.63) is 376 Å². The van der Waals surface area contributed by atoms with Crippen LogP contribution in [-0.2, 0) is 0 Å². The van der Waals surface area contributed by atoms with Crippen molar-refractivity contribution in [2.45, 2.75) is 0 Å². The number of benzene rings is 17. The van der Waals surface area contributed by atoms with Crippen molar-refractivity contribution < 1.29 is 17.7 Å². The molecule has 4 aromatic heterocycles. The van der Waals surface area contributed by atoms with E-state index in [1.54, 1.807) is 0 Å². The van der Waals surface area contributed by atoms with Gasteiger partial charge in [-0.3, -0.25) is 0 Å². The molecule has 0 unspecified atom stereocenters. The van der Waals surface area contributed by atoms with Gasteiger partial charge in [-0.15, -0.1) is 0 Å². The third kappa shape index (κ3) is 9.66. The third-order valence-electron chi connectivity index (χ3n) is 22.8. The van der Waals surface area contributed by atoms with Crippen LogP contribution in [0.2, 0.25) is 0 Å². The smallest absolute Gasteiger partial charge is 0.252 e. The van der Waals surface area contributed by atoms with Gasteiger partial charge in [-0.05, 0) is 158 Å². The fourth-order valence-electron chi connectivity index (χ4n) is 17.8. The number of hydrogen-bond donors (Lipinski definition) is 0. The highest BCUT2D eigenvalue weighted by Gasteiger charge is 2.45. The lowest BCUT2D eigenvalue weighted by Gasteiger charge is -2.45. The van der Waals surface area contributed by atoms with Gasteiger partial charge in [-0.2, -0.15) is 0 Å². The molecule has 2 aliphatic heterocycles. The minimum Gasteiger partial charge on any atom is -0.455 e. The fraction of sp³-hybridized carbons (Fsp3) is 0. The Kier molecular flexibility index (Phi) is 13.7. The van der Waals surface area contributed by atoms with Gasteiger partial charge in [0, 0.05) is 111 Å². The fourth-order valence-corrected chi connectivity index (χ4v) is 17.8. The minimum absolute atomic E-state index is 0.303. The molecule has 8 heteroatoms. The molecular weight excluding hydrogens is 1340 g/mol. The maximum Gasteiger partial charge on any atom is 0.252 e. The van der Waals surface area contributed by atoms with Gasteiger partial charge >= 0.3 is 0 Å². The molecule has 110 heavy (non-hydrogen) atoms. The molecule has 0 bridgehead atoms. The van der Waals surface area contributed by atoms with E-state index in [4.69, 9.17) is 17.7 Å². The summed E-state index contributed by atoms with van der Waals surface area (Å²) in [7, 11) is 0. The second-order valence-electron chi connectivity index (χ2n) is 28.9. The zero-order chi connectivity index (χ0) is 72.1. The molecule has 7 nitrogen and oxygen atoms in total. The number of nitrogens with zero attached hydrogens (tertiary/aromatic N) is 3. The first kappa shape index (κ1) is 61.7. The van der Waals surface area contributed by atoms with Crippen LogP contribution in [0.25, 0.3) is 155 Å². The Morgan fingerprint density at radius 2 is 0.500 bits per heavy atom. The molecular formula is C102H62BN3O4. The molecule has 2 aliphatic rings. The van der Waals surface area contributed by atoms with Crippen molar-refractivity contribution in [2.75, 3.05) is 14.7 Å². The number of fused-ring (bicyclic) bond motifs is 16. The highest BCUT2D eigenvalue weighted by atomic mass is 16.3. The lowest BCUT2D eigenvalue weighted by molar-refractivity contribution is 0.669. The van der Waals surface area contributed by atoms with Gasteiger partial charge in [-0.25, -0.2) is 0 Å². The lowest BCUT2D eigenvalue weighted by atomic mass is 9.33. The van der Waals surface area contributed by atoms with Gasteiger partial charge in [-0.1, -0.05) is 279 Å². The number of hydrogen-bond acceptors (Lipinski definition) is 7. The van der Waals surface area contributed by atoms with Crippen molar-refractivity contribution in [1.29, 1.82) is 0 Å². The predicted octanol–water partition coefficient (Wildman–Crippen LogP) is 26.8. The van der Waals surface area contributed by atoms with Crippen LogP contribution in [0.4, 0.5) is 51.2 Å². The van der Waals surface area contributed by atoms with Crippen LogP contribution in [0.1, 0.15) is 0 Å². The molecule has 0 saturated carbocycles. The molecule has 17 aromatic carbocycles. The molecule has 0 N–H and O–H groups in total. The van der Waals surface area contributed by atoms with E-state index in [0.29, 0.717) is 0 Å². The first-order valence-corrected chi connectivity index (χ1v) is 37.5. The second kappa shape index (κ2) is 24.5. The van der Waals surface area contributed by atoms with E-state index in [1.807, 2.05) is 12.1 Å². The Hall–Kier alpha value is -14.6. The third-order valence-corrected chi connectivity index (χ3v) is 22.8. The van der Waals surface area contributed by atoms with E-state index in [9.17, 15) is 0 Å². The summed E-state index contributed by atoms with van der Waals surface area (Å²) >= 11 is 0. The Balaban J connectivity index is 0.830. The number of anilines is 9. The van der Waals surface area contributed by atoms with Crippen molar-refractivity contribution in [3.8, 4) is 66.8 Å². The minimum atomic E-state index is -0.303. The van der Waals surface area contributed by atoms with Gasteiger partial charge in [0.05, 0.1) is 5.69 Å². The summed E-state index contributed by atoms with van der Waals surface area (Å²) in [5.41, 5.74) is 32.0. The van der Waals surface area contributed by atoms with E-state index in [2.05, 4.69) is 379 Å². The van der Waals surface area contributed by atoms with E-state index < -0.39 is 0 Å². The number of furan rings is 4. The average Bonchev–Trinajstić information content (AvgIpc) is 0.833. The SMILES string of the molecule is c1ccc(-c2ccc(N(c3ccc(-c4ccccc4)cc3)c3cc4c5c(c3)N(c3cccc(-c6cccc7c6oc6ccccc67)c3)c3cc(-c6cccc7c6oc6ccccc67)ccc3B5c3ccc(-c5cccc6c5oc5ccccc56)cc3N4c3cccc(-c4cccc5c4oc4ccccc45)c3)cc2)cc1. The van der Waals surface area contributed by atoms with Gasteiger partial charge < -0.3 is 32.4 Å². The molecule has 0 atom stereocenters. The summed E-state index contributed by atoms with van der Waals surface area (Å²) in [4.78, 5) is 7.55. The van der Waals surface area contributed by atoms with Crippen LogP contribution < -0.4 is 31.1 Å². The summed E-state index contributed by atoms with van der Waals surface area (Å²) in [5.74, 6) is 0. The largest absolute Gasteiger partial charge is 0.455 e. The zero-order valence-electron chi connectivity index (χ0n) is 59.3. The lowest BCUT2D eigenvalue weighted by Crippen LogP contribution is -2.61. The molecule has 0 saturated heterocycles. The zero-order valence-corrected chi connectivity index (χ0v) is 59.3. The van der Waals surface area contributed by atoms with Gasteiger partial charge in [0.1, 0.15) is 44.7 Å². The van der Waals surface area contributed by atoms with Crippen molar-refractivity contribution in [2.24, 2.45) is 0 Å². The van der Waals surface area contributed by atoms with E-state index in [0.717, 1.165) is 222 Å². The second-order valence-corrected chi connectivity index (χ2v) is 28.9. The molecule has 6 heterocycles. The van der Waals surface area contributed by atoms with E-state index in [1.165, 1.54) is 0 Å². The number of rotatable bonds is 11. The van der Waals surface area contributed by atoms with Crippen LogP contribution in [0.15, 0.2) is 394 Å². The molecule has 0 radical (unpaired) electrons. The van der Waals surface area contributed by atoms with Crippen LogP contribution in [0, 0.1) is 0 Å². The molecule has 0 fully saturated rings. The highest BCUT2D eigenvalue weighted by molar-refractivity contribution is 7.00. The van der Waals surface area contributed by atoms with Crippen LogP contribution in [0.3, 0.4) is 0 Å². The molecule has 21 aromatic rings. The summed E-state index contributed by atoms with van der Waals surface area (Å²) in [5, 5.41) is 8.62. The standard InChI is InChI=1S/C102H62BN3O4/c1-3-21-63(22-4-1)65-45-51-71(52-46-65)104(72-53-47-66(48-54-72)64-23-5-2-6-24-64)75-61-92-98-93(62-75)106(74-28-16-26-68(58-74)77-34-18-38-85-81-30-8-12-42-95(81)108-100(77)85)91-60-70(79-36-20-40-87-83-32-10-14-44-97(83)110-102(79)87)50-56-89(91)103(98)88-55-49-69(78-35-19-39-86-82-31-9-13-43-96(82)109-101(78)86)59-90(88)105(92)73-27-15-25-67(57-73)76-33-17-37-84-80-29-7-11-41-94(80)107-99(76)84/h1-62H. The first-order chi connectivity index (χ1) is 54.5. The van der Waals surface area contributed by atoms with Crippen LogP contribution in [0.5, 0.6) is 0 Å². The van der Waals surface area contributed by atoms with Crippen LogP contribution in [-0.4, -0.2) is 6.71 Å². The van der Waals surface area contributed by atoms with Crippen molar-refractivity contribution >= 4 is 162 Å². The summed E-state index contributed by atoms with van der Waals surface area (Å²) < 4.78 is 27.7. The van der Waals surface area contributed by atoms with Gasteiger partial charge in [0.2, 0.25) is 0 Å².